The third-order valence-corrected chi connectivity index (χ3v) is 11.6. The topological polar surface area (TPSA) is 374 Å². The Morgan fingerprint density at radius 2 is 0.875 bits per heavy atom. The summed E-state index contributed by atoms with van der Waals surface area (Å²) >= 11 is 0.0412. The normalized spacial score (nSPS) is 12.1. The van der Waals surface area contributed by atoms with Crippen LogP contribution < -0.4 is 129 Å². The maximum Gasteiger partial charge on any atom is 1.00 e. The van der Waals surface area contributed by atoms with Crippen LogP contribution in [-0.2, 0) is 67.0 Å². The summed E-state index contributed by atoms with van der Waals surface area (Å²) in [6, 6.07) is 5.72. The van der Waals surface area contributed by atoms with E-state index in [1.165, 1.54) is 0 Å². The first-order valence-electron chi connectivity index (χ1n) is 12.8. The molecule has 0 heterocycles. The van der Waals surface area contributed by atoms with Gasteiger partial charge in [0, 0.05) is 12.1 Å². The Kier molecular flexibility index (Phi) is 28.1. The number of rotatable bonds is 20. The molecule has 0 atom stereocenters. The molecule has 3 rings (SSSR count). The van der Waals surface area contributed by atoms with E-state index < -0.39 is 118 Å². The van der Waals surface area contributed by atoms with Crippen molar-refractivity contribution in [3.05, 3.63) is 48.5 Å². The van der Waals surface area contributed by atoms with Crippen LogP contribution in [0.3, 0.4) is 0 Å². The van der Waals surface area contributed by atoms with Gasteiger partial charge in [-0.15, -0.1) is 29.1 Å². The predicted octanol–water partition coefficient (Wildman–Crippen LogP) is -11.1. The van der Waals surface area contributed by atoms with E-state index >= 15 is 0 Å². The van der Waals surface area contributed by atoms with Gasteiger partial charge in [0.25, 0.3) is 0 Å². The minimum atomic E-state index is -5.40. The molecule has 0 amide bonds. The van der Waals surface area contributed by atoms with Crippen molar-refractivity contribution >= 4 is 87.3 Å². The van der Waals surface area contributed by atoms with Gasteiger partial charge in [-0.25, -0.2) is 33.7 Å². The van der Waals surface area contributed by atoms with Crippen molar-refractivity contribution in [2.75, 3.05) is 24.7 Å². The molecule has 0 radical (unpaired) electrons. The zero-order valence-electron chi connectivity index (χ0n) is 28.9. The van der Waals surface area contributed by atoms with Gasteiger partial charge in [0.2, 0.25) is 0 Å². The molecule has 0 saturated heterocycles. The molecule has 3 aromatic carbocycles. The summed E-state index contributed by atoms with van der Waals surface area (Å²) in [5.74, 6) is -3.14. The van der Waals surface area contributed by atoms with E-state index in [1.54, 1.807) is 0 Å². The van der Waals surface area contributed by atoms with Crippen LogP contribution in [0.1, 0.15) is 0 Å². The van der Waals surface area contributed by atoms with Crippen molar-refractivity contribution in [2.24, 2.45) is 20.5 Å². The summed E-state index contributed by atoms with van der Waals surface area (Å²) in [5, 5.41) is 60.3. The van der Waals surface area contributed by atoms with Crippen LogP contribution in [-0.4, -0.2) is 77.7 Å². The van der Waals surface area contributed by atoms with Gasteiger partial charge in [0.15, 0.2) is 44.3 Å². The van der Waals surface area contributed by atoms with Gasteiger partial charge >= 0.3 is 118 Å². The molecular weight excluding hydrogens is 925 g/mol. The number of phenolic OH excluding ortho intramolecular Hbond substituents is 2. The summed E-state index contributed by atoms with van der Waals surface area (Å²) in [5.41, 5.74) is -2.54. The molecule has 286 valence electrons. The van der Waals surface area contributed by atoms with Crippen LogP contribution in [0.4, 0.5) is 22.7 Å². The largest absolute Gasteiger partial charge is 1.00 e. The Morgan fingerprint density at radius 3 is 1.20 bits per heavy atom. The number of benzene rings is 3. The maximum atomic E-state index is 12.6. The minimum Gasteiger partial charge on any atom is -0.744 e. The average Bonchev–Trinajstić information content (AvgIpc) is 3.06. The summed E-state index contributed by atoms with van der Waals surface area (Å²) in [4.78, 5) is -3.61. The quantitative estimate of drug-likeness (QED) is 0.0202. The van der Waals surface area contributed by atoms with Crippen molar-refractivity contribution in [1.29, 1.82) is 0 Å². The van der Waals surface area contributed by atoms with E-state index in [9.17, 15) is 63.5 Å². The number of aromatic hydroxyl groups is 2. The van der Waals surface area contributed by atoms with Crippen molar-refractivity contribution in [3.8, 4) is 11.5 Å². The monoisotopic (exact) mass is 942 g/mol. The van der Waals surface area contributed by atoms with Gasteiger partial charge in [-0.3, -0.25) is 18.4 Å². The first kappa shape index (κ1) is 58.7. The fraction of sp³-hybridized carbons (Fsp3) is 0.182. The molecule has 0 aliphatic carbocycles. The van der Waals surface area contributed by atoms with Crippen LogP contribution >= 0.6 is 24.6 Å². The van der Waals surface area contributed by atoms with Crippen LogP contribution in [0.25, 0.3) is 0 Å². The second-order valence-electron chi connectivity index (χ2n) is 9.09. The molecule has 56 heavy (non-hydrogen) atoms. The Hall–Kier alpha value is 0.560. The van der Waals surface area contributed by atoms with E-state index in [-0.39, 0.29) is 143 Å². The number of hydrogen-bond donors (Lipinski definition) is 2. The zero-order chi connectivity index (χ0) is 38.7. The molecule has 3 aromatic rings. The molecule has 0 fully saturated rings. The van der Waals surface area contributed by atoms with Crippen LogP contribution in [0.2, 0.25) is 0 Å². The fourth-order valence-electron chi connectivity index (χ4n) is 3.53. The van der Waals surface area contributed by atoms with Gasteiger partial charge in [-0.1, -0.05) is 0 Å². The zero-order valence-corrected chi connectivity index (χ0v) is 41.8. The number of sulfone groups is 2. The van der Waals surface area contributed by atoms with E-state index in [0.29, 0.717) is 18.2 Å². The average molecular weight is 943 g/mol. The van der Waals surface area contributed by atoms with Gasteiger partial charge < -0.3 is 29.8 Å². The smallest absolute Gasteiger partial charge is 0.744 e. The number of azo groups is 2. The second kappa shape index (κ2) is 26.8. The predicted molar refractivity (Wildman–Crippen MR) is 162 cm³/mol. The number of hydrogen-bond acceptors (Lipinski definition) is 26. The Balaban J connectivity index is 0. The van der Waals surface area contributed by atoms with Crippen LogP contribution in [0.15, 0.2) is 88.6 Å². The van der Waals surface area contributed by atoms with Crippen molar-refractivity contribution in [2.45, 2.75) is 19.6 Å². The van der Waals surface area contributed by atoms with Gasteiger partial charge in [0.1, 0.15) is 54.5 Å². The van der Waals surface area contributed by atoms with E-state index in [1.807, 2.05) is 0 Å². The summed E-state index contributed by atoms with van der Waals surface area (Å²) < 4.78 is 139. The molecule has 0 aromatic heterocycles. The molecule has 0 bridgehead atoms. The third kappa shape index (κ3) is 18.3. The SMILES string of the molecule is O=S(=O)([O-])c1cc(S(=O)(=O)CCOSOO[O-])ccc1N=Nc1cc(N=Nc2ccc(S(=O)(=O)CCOSOO[O-])cc2S(=O)(=O)[O-])c(O)cc1O.[Na+].[Na+].[Na+].[Na+]. The number of phenols is 2. The molecule has 0 unspecified atom stereocenters. The molecular formula is C22H18N4Na4O20S6. The van der Waals surface area contributed by atoms with Crippen molar-refractivity contribution in [3.63, 3.8) is 0 Å². The Bertz CT molecular complexity index is 2120. The first-order valence-corrected chi connectivity index (χ1v) is 20.3. The molecule has 2 N–H and O–H groups in total. The van der Waals surface area contributed by atoms with Gasteiger partial charge in [0.05, 0.1) is 44.3 Å². The van der Waals surface area contributed by atoms with Gasteiger partial charge in [-0.2, -0.15) is 0 Å². The standard InChI is InChI=1S/C22H22N4O20S6.4Na/c27-19-12-20(28)18(26-24-16-4-2-14(10-22(16)52(38,39)40)50(33,34)8-6-42-48-46-44-30)11-17(19)25-23-15-3-1-13(9-21(15)51(35,36)37)49(31,32)7-5-41-47-45-43-29;;;;/h1-4,9-12,27-30H,5-8H2,(H,35,36,37)(H,38,39,40);;;;/q;4*+1/p-4. The van der Waals surface area contributed by atoms with E-state index in [0.717, 1.165) is 30.3 Å². The molecule has 34 heteroatoms. The number of nitrogens with zero attached hydrogens (tertiary/aromatic N) is 4. The molecule has 24 nitrogen and oxygen atoms in total. The van der Waals surface area contributed by atoms with Crippen molar-refractivity contribution in [1.82, 2.24) is 0 Å². The molecule has 0 spiro atoms. The molecule has 0 aliphatic rings. The van der Waals surface area contributed by atoms with Gasteiger partial charge in [-0.05, 0) is 36.4 Å². The van der Waals surface area contributed by atoms with Crippen LogP contribution in [0, 0.1) is 0 Å². The third-order valence-electron chi connectivity index (χ3n) is 5.80. The summed E-state index contributed by atoms with van der Waals surface area (Å²) in [6.07, 6.45) is 0. The molecule has 0 saturated carbocycles. The van der Waals surface area contributed by atoms with Crippen molar-refractivity contribution < 1.29 is 209 Å². The Morgan fingerprint density at radius 1 is 0.536 bits per heavy atom. The fourth-order valence-corrected chi connectivity index (χ4v) is 7.81. The maximum absolute atomic E-state index is 12.6. The Labute approximate surface area is 415 Å². The second-order valence-corrected chi connectivity index (χ2v) is 17.0. The van der Waals surface area contributed by atoms with Crippen LogP contribution in [0.5, 0.6) is 11.5 Å². The molecule has 0 aliphatic heterocycles. The van der Waals surface area contributed by atoms with E-state index in [4.69, 9.17) is 0 Å². The minimum absolute atomic E-state index is 0. The first-order chi connectivity index (χ1) is 24.3. The van der Waals surface area contributed by atoms with E-state index in [2.05, 4.69) is 47.6 Å². The summed E-state index contributed by atoms with van der Waals surface area (Å²) in [7, 11) is -19.4. The summed E-state index contributed by atoms with van der Waals surface area (Å²) in [6.45, 7) is -1.13.